The summed E-state index contributed by atoms with van der Waals surface area (Å²) in [7, 11) is 0. The third-order valence-corrected chi connectivity index (χ3v) is 3.96. The number of Topliss-reactive ketones (excluding diaryl/α,β-unsaturated/α-hetero) is 1. The Labute approximate surface area is 127 Å². The van der Waals surface area contributed by atoms with Gasteiger partial charge in [-0.25, -0.2) is 4.79 Å². The van der Waals surface area contributed by atoms with E-state index in [4.69, 9.17) is 9.47 Å². The monoisotopic (exact) mass is 292 g/mol. The molecule has 0 saturated heterocycles. The van der Waals surface area contributed by atoms with E-state index in [9.17, 15) is 9.59 Å². The van der Waals surface area contributed by atoms with Crippen LogP contribution in [-0.2, 0) is 20.1 Å². The maximum absolute atomic E-state index is 12.9. The molecule has 2 heterocycles. The van der Waals surface area contributed by atoms with Gasteiger partial charge < -0.3 is 9.47 Å². The first-order valence-electron chi connectivity index (χ1n) is 6.94. The van der Waals surface area contributed by atoms with E-state index in [1.54, 1.807) is 12.1 Å². The Hall–Kier alpha value is -2.88. The van der Waals surface area contributed by atoms with Crippen molar-refractivity contribution in [3.8, 4) is 0 Å². The molecule has 4 nitrogen and oxygen atoms in total. The Morgan fingerprint density at radius 1 is 1.00 bits per heavy atom. The first kappa shape index (κ1) is 12.8. The molecule has 1 atom stereocenters. The lowest BCUT2D eigenvalue weighted by Gasteiger charge is -2.21. The van der Waals surface area contributed by atoms with Crippen LogP contribution in [0.15, 0.2) is 54.8 Å². The number of ketones is 1. The van der Waals surface area contributed by atoms with Crippen LogP contribution in [0, 0.1) is 6.92 Å². The summed E-state index contributed by atoms with van der Waals surface area (Å²) in [6.07, 6.45) is 1.37. The van der Waals surface area contributed by atoms with Crippen LogP contribution in [0.25, 0.3) is 5.57 Å². The highest BCUT2D eigenvalue weighted by molar-refractivity contribution is 6.27. The Kier molecular flexibility index (Phi) is 2.51. The van der Waals surface area contributed by atoms with Crippen molar-refractivity contribution in [3.63, 3.8) is 0 Å². The van der Waals surface area contributed by atoms with E-state index in [1.807, 2.05) is 43.3 Å². The quantitative estimate of drug-likeness (QED) is 0.758. The van der Waals surface area contributed by atoms with Crippen molar-refractivity contribution in [1.29, 1.82) is 0 Å². The van der Waals surface area contributed by atoms with Crippen LogP contribution in [0.4, 0.5) is 0 Å². The van der Waals surface area contributed by atoms with E-state index in [2.05, 4.69) is 0 Å². The summed E-state index contributed by atoms with van der Waals surface area (Å²) in [5.41, 5.74) is 2.92. The molecule has 0 fully saturated rings. The zero-order chi connectivity index (χ0) is 15.3. The Morgan fingerprint density at radius 3 is 2.55 bits per heavy atom. The Morgan fingerprint density at radius 2 is 1.77 bits per heavy atom. The van der Waals surface area contributed by atoms with Gasteiger partial charge in [0.05, 0.1) is 16.7 Å². The highest BCUT2D eigenvalue weighted by Crippen LogP contribution is 2.45. The molecule has 108 valence electrons. The van der Waals surface area contributed by atoms with E-state index in [1.165, 1.54) is 6.26 Å². The van der Waals surface area contributed by atoms with Crippen molar-refractivity contribution < 1.29 is 19.1 Å². The van der Waals surface area contributed by atoms with Crippen LogP contribution in [0.2, 0.25) is 0 Å². The summed E-state index contributed by atoms with van der Waals surface area (Å²) >= 11 is 0. The van der Waals surface area contributed by atoms with E-state index in [0.717, 1.165) is 11.1 Å². The molecule has 22 heavy (non-hydrogen) atoms. The molecule has 4 rings (SSSR count). The van der Waals surface area contributed by atoms with Gasteiger partial charge in [0, 0.05) is 0 Å². The normalized spacial score (nSPS) is 22.3. The molecule has 0 bridgehead atoms. The number of hydrogen-bond acceptors (Lipinski definition) is 4. The van der Waals surface area contributed by atoms with Crippen LogP contribution in [0.5, 0.6) is 0 Å². The second kappa shape index (κ2) is 4.31. The van der Waals surface area contributed by atoms with Gasteiger partial charge in [0.15, 0.2) is 0 Å². The second-order valence-corrected chi connectivity index (χ2v) is 5.40. The fourth-order valence-electron chi connectivity index (χ4n) is 2.85. The van der Waals surface area contributed by atoms with Crippen molar-refractivity contribution >= 4 is 17.3 Å². The first-order valence-corrected chi connectivity index (χ1v) is 6.94. The number of hydrogen-bond donors (Lipinski definition) is 0. The highest BCUT2D eigenvalue weighted by Gasteiger charge is 2.57. The van der Waals surface area contributed by atoms with Crippen molar-refractivity contribution in [2.45, 2.75) is 12.7 Å². The van der Waals surface area contributed by atoms with Crippen LogP contribution < -0.4 is 0 Å². The molecule has 0 amide bonds. The minimum Gasteiger partial charge on any atom is -0.449 e. The molecule has 2 aromatic carbocycles. The summed E-state index contributed by atoms with van der Waals surface area (Å²) in [6.45, 7) is 1.88. The highest BCUT2D eigenvalue weighted by atomic mass is 16.7. The van der Waals surface area contributed by atoms with Gasteiger partial charge >= 0.3 is 11.8 Å². The first-order chi connectivity index (χ1) is 10.6. The summed E-state index contributed by atoms with van der Waals surface area (Å²) in [6, 6.07) is 14.4. The molecule has 2 aliphatic rings. The van der Waals surface area contributed by atoms with Gasteiger partial charge in [-0.2, -0.15) is 0 Å². The largest absolute Gasteiger partial charge is 0.449 e. The molecular weight excluding hydrogens is 280 g/mol. The Bertz CT molecular complexity index is 835. The van der Waals surface area contributed by atoms with Gasteiger partial charge in [-0.3, -0.25) is 4.79 Å². The fraction of sp³-hybridized carbons (Fsp3) is 0.111. The van der Waals surface area contributed by atoms with E-state index >= 15 is 0 Å². The maximum atomic E-state index is 12.9. The predicted molar refractivity (Wildman–Crippen MR) is 78.8 cm³/mol. The van der Waals surface area contributed by atoms with Gasteiger partial charge in [-0.15, -0.1) is 0 Å². The molecule has 0 radical (unpaired) electrons. The molecule has 2 aliphatic heterocycles. The number of fused-ring (bicyclic) bond motifs is 2. The summed E-state index contributed by atoms with van der Waals surface area (Å²) in [5.74, 6) is -2.55. The SMILES string of the molecule is Cc1ccc2c(c1)C(=O)OC21OC=C(c2ccccc2)C1=O. The number of rotatable bonds is 1. The Balaban J connectivity index is 1.81. The smallest absolute Gasteiger partial charge is 0.347 e. The molecular formula is C18H12O4. The number of aryl methyl sites for hydroxylation is 1. The van der Waals surface area contributed by atoms with Gasteiger partial charge in [-0.1, -0.05) is 42.0 Å². The van der Waals surface area contributed by atoms with E-state index in [0.29, 0.717) is 16.7 Å². The number of ether oxygens (including phenoxy) is 2. The molecule has 1 spiro atoms. The van der Waals surface area contributed by atoms with Crippen LogP contribution in [0.1, 0.15) is 27.0 Å². The van der Waals surface area contributed by atoms with Gasteiger partial charge in [-0.05, 0) is 24.6 Å². The van der Waals surface area contributed by atoms with Crippen molar-refractivity contribution in [1.82, 2.24) is 0 Å². The number of benzene rings is 2. The predicted octanol–water partition coefficient (Wildman–Crippen LogP) is 2.96. The third kappa shape index (κ3) is 1.58. The van der Waals surface area contributed by atoms with Crippen molar-refractivity contribution in [2.24, 2.45) is 0 Å². The van der Waals surface area contributed by atoms with Gasteiger partial charge in [0.2, 0.25) is 0 Å². The van der Waals surface area contributed by atoms with Crippen LogP contribution >= 0.6 is 0 Å². The topological polar surface area (TPSA) is 52.6 Å². The van der Waals surface area contributed by atoms with Crippen molar-refractivity contribution in [3.05, 3.63) is 77.0 Å². The van der Waals surface area contributed by atoms with E-state index in [-0.39, 0.29) is 5.78 Å². The molecule has 0 aliphatic carbocycles. The molecule has 0 saturated carbocycles. The average Bonchev–Trinajstić information content (AvgIpc) is 3.00. The van der Waals surface area contributed by atoms with Gasteiger partial charge in [0.25, 0.3) is 5.78 Å². The minimum atomic E-state index is -1.66. The lowest BCUT2D eigenvalue weighted by Crippen LogP contribution is -2.34. The number of carbonyl (C=O) groups excluding carboxylic acids is 2. The molecule has 0 N–H and O–H groups in total. The minimum absolute atomic E-state index is 0.352. The van der Waals surface area contributed by atoms with E-state index < -0.39 is 11.8 Å². The maximum Gasteiger partial charge on any atom is 0.347 e. The second-order valence-electron chi connectivity index (χ2n) is 5.40. The molecule has 0 aromatic heterocycles. The third-order valence-electron chi connectivity index (χ3n) is 3.96. The summed E-state index contributed by atoms with van der Waals surface area (Å²) < 4.78 is 10.9. The fourth-order valence-corrected chi connectivity index (χ4v) is 2.85. The summed E-state index contributed by atoms with van der Waals surface area (Å²) in [4.78, 5) is 24.9. The number of esters is 1. The van der Waals surface area contributed by atoms with Gasteiger partial charge in [0.1, 0.15) is 6.26 Å². The number of carbonyl (C=O) groups is 2. The van der Waals surface area contributed by atoms with Crippen LogP contribution in [-0.4, -0.2) is 11.8 Å². The average molecular weight is 292 g/mol. The molecule has 1 unspecified atom stereocenters. The lowest BCUT2D eigenvalue weighted by molar-refractivity contribution is -0.173. The molecule has 2 aromatic rings. The molecule has 4 heteroatoms. The zero-order valence-corrected chi connectivity index (χ0v) is 11.8. The zero-order valence-electron chi connectivity index (χ0n) is 11.8. The van der Waals surface area contributed by atoms with Crippen molar-refractivity contribution in [2.75, 3.05) is 0 Å². The standard InChI is InChI=1S/C18H12O4/c1-11-7-8-15-13(9-11)17(20)22-18(15)16(19)14(10-21-18)12-5-3-2-4-6-12/h2-10H,1H3. The van der Waals surface area contributed by atoms with Crippen LogP contribution in [0.3, 0.4) is 0 Å². The lowest BCUT2D eigenvalue weighted by atomic mass is 9.93. The summed E-state index contributed by atoms with van der Waals surface area (Å²) in [5, 5.41) is 0.